The highest BCUT2D eigenvalue weighted by Gasteiger charge is 2.07. The molecule has 2 aromatic carbocycles. The predicted molar refractivity (Wildman–Crippen MR) is 88.0 cm³/mol. The number of anilines is 1. The number of aryl methyl sites for hydroxylation is 1. The molecule has 0 aliphatic carbocycles. The van der Waals surface area contributed by atoms with E-state index < -0.39 is 0 Å². The van der Waals surface area contributed by atoms with Gasteiger partial charge in [-0.2, -0.15) is 0 Å². The molecule has 1 N–H and O–H groups in total. The highest BCUT2D eigenvalue weighted by Crippen LogP contribution is 2.33. The second-order valence-corrected chi connectivity index (χ2v) is 6.76. The Bertz CT molecular complexity index is 591. The number of hydrogen-bond acceptors (Lipinski definition) is 1. The summed E-state index contributed by atoms with van der Waals surface area (Å²) in [5.41, 5.74) is 3.16. The molecule has 0 spiro atoms. The Morgan fingerprint density at radius 1 is 1.00 bits per heavy atom. The standard InChI is InChI=1S/C14H11Br3FN/c1-8-4-12(16)14(13(17)5-8)19-7-9-2-3-10(18)6-11(9)15/h2-6,19H,7H2,1H3. The van der Waals surface area contributed by atoms with Crippen LogP contribution in [0.25, 0.3) is 0 Å². The summed E-state index contributed by atoms with van der Waals surface area (Å²) >= 11 is 10.4. The van der Waals surface area contributed by atoms with Crippen LogP contribution in [0.4, 0.5) is 10.1 Å². The topological polar surface area (TPSA) is 12.0 Å². The lowest BCUT2D eigenvalue weighted by atomic mass is 10.2. The van der Waals surface area contributed by atoms with Crippen LogP contribution in [0, 0.1) is 12.7 Å². The van der Waals surface area contributed by atoms with Crippen LogP contribution in [-0.4, -0.2) is 0 Å². The number of nitrogens with one attached hydrogen (secondary N) is 1. The molecule has 19 heavy (non-hydrogen) atoms. The first-order valence-electron chi connectivity index (χ1n) is 5.61. The third-order valence-electron chi connectivity index (χ3n) is 2.66. The Morgan fingerprint density at radius 3 is 2.21 bits per heavy atom. The summed E-state index contributed by atoms with van der Waals surface area (Å²) in [5.74, 6) is -0.242. The largest absolute Gasteiger partial charge is 0.379 e. The van der Waals surface area contributed by atoms with Crippen molar-refractivity contribution in [3.8, 4) is 0 Å². The second-order valence-electron chi connectivity index (χ2n) is 4.19. The maximum atomic E-state index is 13.0. The number of halogens is 4. The first-order chi connectivity index (χ1) is 8.97. The molecule has 0 atom stereocenters. The van der Waals surface area contributed by atoms with Gasteiger partial charge in [-0.05, 0) is 74.2 Å². The van der Waals surface area contributed by atoms with Gasteiger partial charge in [0.25, 0.3) is 0 Å². The third-order valence-corrected chi connectivity index (χ3v) is 4.65. The molecule has 0 radical (unpaired) electrons. The average Bonchev–Trinajstić information content (AvgIpc) is 2.30. The highest BCUT2D eigenvalue weighted by molar-refractivity contribution is 9.11. The first kappa shape index (κ1) is 15.0. The Hall–Kier alpha value is -0.390. The van der Waals surface area contributed by atoms with Gasteiger partial charge in [-0.15, -0.1) is 0 Å². The molecule has 0 bridgehead atoms. The molecule has 0 unspecified atom stereocenters. The molecule has 0 aromatic heterocycles. The molecule has 0 aliphatic heterocycles. The van der Waals surface area contributed by atoms with E-state index in [0.29, 0.717) is 6.54 Å². The van der Waals surface area contributed by atoms with Crippen LogP contribution in [0.15, 0.2) is 43.7 Å². The molecule has 100 valence electrons. The van der Waals surface area contributed by atoms with Crippen molar-refractivity contribution in [1.29, 1.82) is 0 Å². The predicted octanol–water partition coefficient (Wildman–Crippen LogP) is 6.03. The van der Waals surface area contributed by atoms with Gasteiger partial charge in [0.15, 0.2) is 0 Å². The van der Waals surface area contributed by atoms with Gasteiger partial charge in [0.05, 0.1) is 5.69 Å². The van der Waals surface area contributed by atoms with Gasteiger partial charge in [-0.25, -0.2) is 4.39 Å². The maximum absolute atomic E-state index is 13.0. The summed E-state index contributed by atoms with van der Waals surface area (Å²) in [6, 6.07) is 8.79. The summed E-state index contributed by atoms with van der Waals surface area (Å²) in [4.78, 5) is 0. The minimum atomic E-state index is -0.242. The Morgan fingerprint density at radius 2 is 1.63 bits per heavy atom. The quantitative estimate of drug-likeness (QED) is 0.600. The van der Waals surface area contributed by atoms with Crippen molar-refractivity contribution < 1.29 is 4.39 Å². The molecule has 0 saturated carbocycles. The van der Waals surface area contributed by atoms with Gasteiger partial charge in [0.2, 0.25) is 0 Å². The van der Waals surface area contributed by atoms with Crippen molar-refractivity contribution >= 4 is 53.5 Å². The van der Waals surface area contributed by atoms with Gasteiger partial charge >= 0.3 is 0 Å². The van der Waals surface area contributed by atoms with Crippen molar-refractivity contribution in [3.63, 3.8) is 0 Å². The fourth-order valence-corrected chi connectivity index (χ4v) is 3.90. The fourth-order valence-electron chi connectivity index (χ4n) is 1.72. The van der Waals surface area contributed by atoms with Gasteiger partial charge in [0.1, 0.15) is 5.82 Å². The lowest BCUT2D eigenvalue weighted by Gasteiger charge is -2.13. The van der Waals surface area contributed by atoms with Crippen LogP contribution >= 0.6 is 47.8 Å². The molecule has 2 rings (SSSR count). The maximum Gasteiger partial charge on any atom is 0.124 e. The van der Waals surface area contributed by atoms with E-state index in [1.54, 1.807) is 6.07 Å². The molecule has 0 saturated heterocycles. The molecule has 0 fully saturated rings. The lowest BCUT2D eigenvalue weighted by Crippen LogP contribution is -2.02. The van der Waals surface area contributed by atoms with E-state index in [2.05, 4.69) is 53.1 Å². The van der Waals surface area contributed by atoms with Crippen LogP contribution in [0.5, 0.6) is 0 Å². The van der Waals surface area contributed by atoms with Crippen molar-refractivity contribution in [1.82, 2.24) is 0 Å². The second kappa shape index (κ2) is 6.37. The number of benzene rings is 2. The Labute approximate surface area is 137 Å². The zero-order valence-corrected chi connectivity index (χ0v) is 14.9. The van der Waals surface area contributed by atoms with E-state index in [0.717, 1.165) is 24.7 Å². The number of hydrogen-bond donors (Lipinski definition) is 1. The van der Waals surface area contributed by atoms with Gasteiger partial charge in [-0.3, -0.25) is 0 Å². The minimum absolute atomic E-state index is 0.242. The minimum Gasteiger partial charge on any atom is -0.379 e. The first-order valence-corrected chi connectivity index (χ1v) is 7.98. The molecule has 2 aromatic rings. The van der Waals surface area contributed by atoms with Crippen LogP contribution in [0.2, 0.25) is 0 Å². The van der Waals surface area contributed by atoms with Gasteiger partial charge in [0, 0.05) is 20.0 Å². The van der Waals surface area contributed by atoms with E-state index in [1.807, 2.05) is 19.1 Å². The molecule has 1 nitrogen and oxygen atoms in total. The lowest BCUT2D eigenvalue weighted by molar-refractivity contribution is 0.626. The van der Waals surface area contributed by atoms with E-state index in [-0.39, 0.29) is 5.82 Å². The van der Waals surface area contributed by atoms with Crippen molar-refractivity contribution in [2.75, 3.05) is 5.32 Å². The Balaban J connectivity index is 2.19. The monoisotopic (exact) mass is 449 g/mol. The molecular formula is C14H11Br3FN. The van der Waals surface area contributed by atoms with Crippen molar-refractivity contribution in [2.45, 2.75) is 13.5 Å². The average molecular weight is 452 g/mol. The molecular weight excluding hydrogens is 441 g/mol. The summed E-state index contributed by atoms with van der Waals surface area (Å²) < 4.78 is 15.8. The van der Waals surface area contributed by atoms with Gasteiger partial charge in [-0.1, -0.05) is 22.0 Å². The Kier molecular flexibility index (Phi) is 5.03. The summed E-state index contributed by atoms with van der Waals surface area (Å²) in [6.07, 6.45) is 0. The zero-order valence-electron chi connectivity index (χ0n) is 10.1. The zero-order chi connectivity index (χ0) is 14.0. The highest BCUT2D eigenvalue weighted by atomic mass is 79.9. The summed E-state index contributed by atoms with van der Waals surface area (Å²) in [5, 5.41) is 3.34. The van der Waals surface area contributed by atoms with Crippen LogP contribution < -0.4 is 5.32 Å². The third kappa shape index (κ3) is 3.80. The van der Waals surface area contributed by atoms with Crippen LogP contribution in [-0.2, 0) is 6.54 Å². The SMILES string of the molecule is Cc1cc(Br)c(NCc2ccc(F)cc2Br)c(Br)c1. The normalized spacial score (nSPS) is 10.6. The molecule has 0 heterocycles. The van der Waals surface area contributed by atoms with E-state index in [9.17, 15) is 4.39 Å². The van der Waals surface area contributed by atoms with Crippen molar-refractivity contribution in [3.05, 3.63) is 60.7 Å². The van der Waals surface area contributed by atoms with Crippen molar-refractivity contribution in [2.24, 2.45) is 0 Å². The van der Waals surface area contributed by atoms with Crippen LogP contribution in [0.1, 0.15) is 11.1 Å². The summed E-state index contributed by atoms with van der Waals surface area (Å²) in [6.45, 7) is 2.65. The number of rotatable bonds is 3. The molecule has 5 heteroatoms. The van der Waals surface area contributed by atoms with Crippen LogP contribution in [0.3, 0.4) is 0 Å². The van der Waals surface area contributed by atoms with E-state index in [1.165, 1.54) is 17.7 Å². The van der Waals surface area contributed by atoms with E-state index >= 15 is 0 Å². The summed E-state index contributed by atoms with van der Waals surface area (Å²) in [7, 11) is 0. The molecule has 0 amide bonds. The van der Waals surface area contributed by atoms with E-state index in [4.69, 9.17) is 0 Å². The van der Waals surface area contributed by atoms with Gasteiger partial charge < -0.3 is 5.32 Å². The fraction of sp³-hybridized carbons (Fsp3) is 0.143. The smallest absolute Gasteiger partial charge is 0.124 e. The molecule has 0 aliphatic rings.